The van der Waals surface area contributed by atoms with Crippen LogP contribution in [0.1, 0.15) is 36.5 Å². The molecule has 10 heteroatoms. The predicted octanol–water partition coefficient (Wildman–Crippen LogP) is 4.38. The van der Waals surface area contributed by atoms with Crippen LogP contribution in [0.4, 0.5) is 5.69 Å². The van der Waals surface area contributed by atoms with Gasteiger partial charge in [-0.2, -0.15) is 0 Å². The lowest BCUT2D eigenvalue weighted by molar-refractivity contribution is -0.128. The minimum absolute atomic E-state index is 0.0559. The third kappa shape index (κ3) is 6.23. The maximum Gasteiger partial charge on any atom is 0.252 e. The van der Waals surface area contributed by atoms with Crippen molar-refractivity contribution in [3.8, 4) is 5.75 Å². The molecule has 1 amide bonds. The van der Waals surface area contributed by atoms with Crippen LogP contribution in [0.25, 0.3) is 10.4 Å². The SMILES string of the molecule is C=CC[C@@]1(C(=O)NCCCOC)N=C(c2ccc(OCCCO)cc2)O[C@@H]1c1ccccc1N=[N+]=[N-]. The average Bonchev–Trinajstić information content (AvgIpc) is 3.28. The van der Waals surface area contributed by atoms with Crippen molar-refractivity contribution in [1.82, 2.24) is 5.32 Å². The van der Waals surface area contributed by atoms with Crippen molar-refractivity contribution in [2.45, 2.75) is 30.9 Å². The maximum atomic E-state index is 13.6. The molecule has 0 spiro atoms. The molecule has 2 N–H and O–H groups in total. The number of methoxy groups -OCH3 is 1. The number of benzene rings is 2. The van der Waals surface area contributed by atoms with Crippen LogP contribution in [0.15, 0.2) is 71.3 Å². The van der Waals surface area contributed by atoms with Gasteiger partial charge in [0.15, 0.2) is 11.6 Å². The fourth-order valence-corrected chi connectivity index (χ4v) is 3.93. The molecule has 0 radical (unpaired) electrons. The summed E-state index contributed by atoms with van der Waals surface area (Å²) in [5.74, 6) is 0.606. The predicted molar refractivity (Wildman–Crippen MR) is 136 cm³/mol. The summed E-state index contributed by atoms with van der Waals surface area (Å²) in [6.45, 7) is 5.22. The smallest absolute Gasteiger partial charge is 0.252 e. The first-order valence-electron chi connectivity index (χ1n) is 11.7. The third-order valence-electron chi connectivity index (χ3n) is 5.67. The quantitative estimate of drug-likeness (QED) is 0.132. The normalized spacial score (nSPS) is 18.5. The Labute approximate surface area is 210 Å². The van der Waals surface area contributed by atoms with Crippen LogP contribution in [0, 0.1) is 0 Å². The molecule has 36 heavy (non-hydrogen) atoms. The van der Waals surface area contributed by atoms with E-state index in [0.29, 0.717) is 55.2 Å². The second kappa shape index (κ2) is 13.3. The number of ether oxygens (including phenoxy) is 3. The molecule has 1 aliphatic heterocycles. The van der Waals surface area contributed by atoms with Gasteiger partial charge in [0.1, 0.15) is 5.75 Å². The minimum Gasteiger partial charge on any atom is -0.494 e. The van der Waals surface area contributed by atoms with Gasteiger partial charge in [-0.3, -0.25) is 4.79 Å². The van der Waals surface area contributed by atoms with Crippen LogP contribution < -0.4 is 10.1 Å². The lowest BCUT2D eigenvalue weighted by Crippen LogP contribution is -2.48. The van der Waals surface area contributed by atoms with Gasteiger partial charge in [-0.05, 0) is 36.2 Å². The van der Waals surface area contributed by atoms with Gasteiger partial charge in [0, 0.05) is 61.4 Å². The number of hydrogen-bond acceptors (Lipinski definition) is 7. The molecule has 2 aromatic carbocycles. The monoisotopic (exact) mass is 493 g/mol. The number of aliphatic hydroxyl groups excluding tert-OH is 1. The number of hydrogen-bond donors (Lipinski definition) is 2. The number of rotatable bonds is 14. The van der Waals surface area contributed by atoms with E-state index in [1.165, 1.54) is 0 Å². The number of nitrogens with zero attached hydrogens (tertiary/aromatic N) is 4. The number of azide groups is 1. The van der Waals surface area contributed by atoms with Crippen molar-refractivity contribution in [3.05, 3.63) is 82.8 Å². The Hall–Kier alpha value is -3.85. The second-order valence-corrected chi connectivity index (χ2v) is 8.13. The topological polar surface area (TPSA) is 138 Å². The fraction of sp³-hybridized carbons (Fsp3) is 0.385. The van der Waals surface area contributed by atoms with E-state index in [9.17, 15) is 4.79 Å². The summed E-state index contributed by atoms with van der Waals surface area (Å²) in [6, 6.07) is 14.1. The first-order valence-corrected chi connectivity index (χ1v) is 11.7. The standard InChI is InChI=1S/C26H31N5O5/c1-3-14-26(25(33)28-15-6-17-34-2)23(21-8-4-5-9-22(21)30-31-27)36-24(29-26)19-10-12-20(13-11-19)35-18-7-16-32/h3-5,8-13,23,32H,1,6-7,14-18H2,2H3,(H,28,33)/t23-,26-/m1/s1. The maximum absolute atomic E-state index is 13.6. The Morgan fingerprint density at radius 3 is 2.75 bits per heavy atom. The van der Waals surface area contributed by atoms with E-state index in [1.54, 1.807) is 61.7 Å². The molecule has 1 heterocycles. The van der Waals surface area contributed by atoms with E-state index in [-0.39, 0.29) is 24.8 Å². The van der Waals surface area contributed by atoms with Crippen LogP contribution in [0.2, 0.25) is 0 Å². The summed E-state index contributed by atoms with van der Waals surface area (Å²) >= 11 is 0. The van der Waals surface area contributed by atoms with E-state index in [0.717, 1.165) is 0 Å². The Morgan fingerprint density at radius 1 is 1.28 bits per heavy atom. The van der Waals surface area contributed by atoms with E-state index in [4.69, 9.17) is 29.8 Å². The molecule has 10 nitrogen and oxygen atoms in total. The molecule has 2 atom stereocenters. The van der Waals surface area contributed by atoms with E-state index < -0.39 is 11.6 Å². The van der Waals surface area contributed by atoms with Crippen LogP contribution >= 0.6 is 0 Å². The van der Waals surface area contributed by atoms with Crippen LogP contribution in [0.3, 0.4) is 0 Å². The third-order valence-corrected chi connectivity index (χ3v) is 5.67. The van der Waals surface area contributed by atoms with Crippen molar-refractivity contribution >= 4 is 17.5 Å². The lowest BCUT2D eigenvalue weighted by atomic mass is 9.84. The highest BCUT2D eigenvalue weighted by atomic mass is 16.5. The Bertz CT molecular complexity index is 1110. The molecule has 0 unspecified atom stereocenters. The molecule has 3 rings (SSSR count). The Morgan fingerprint density at radius 2 is 2.06 bits per heavy atom. The van der Waals surface area contributed by atoms with Crippen molar-refractivity contribution < 1.29 is 24.1 Å². The summed E-state index contributed by atoms with van der Waals surface area (Å²) < 4.78 is 17.0. The highest BCUT2D eigenvalue weighted by Crippen LogP contribution is 2.45. The summed E-state index contributed by atoms with van der Waals surface area (Å²) in [5.41, 5.74) is 9.29. The van der Waals surface area contributed by atoms with Crippen LogP contribution in [-0.4, -0.2) is 55.9 Å². The van der Waals surface area contributed by atoms with E-state index >= 15 is 0 Å². The van der Waals surface area contributed by atoms with Gasteiger partial charge >= 0.3 is 0 Å². The number of nitrogens with one attached hydrogen (secondary N) is 1. The zero-order chi connectivity index (χ0) is 25.8. The van der Waals surface area contributed by atoms with Gasteiger partial charge in [-0.25, -0.2) is 4.99 Å². The highest BCUT2D eigenvalue weighted by Gasteiger charge is 2.52. The largest absolute Gasteiger partial charge is 0.494 e. The average molecular weight is 494 g/mol. The van der Waals surface area contributed by atoms with Crippen molar-refractivity contribution in [2.24, 2.45) is 10.1 Å². The number of carbonyl (C=O) groups excluding carboxylic acids is 1. The van der Waals surface area contributed by atoms with Crippen LogP contribution in [0.5, 0.6) is 5.75 Å². The van der Waals surface area contributed by atoms with Gasteiger partial charge in [-0.1, -0.05) is 35.5 Å². The first kappa shape index (κ1) is 26.7. The minimum atomic E-state index is -1.36. The van der Waals surface area contributed by atoms with Crippen molar-refractivity contribution in [2.75, 3.05) is 33.5 Å². The molecular formula is C26H31N5O5. The summed E-state index contributed by atoms with van der Waals surface area (Å²) in [4.78, 5) is 21.4. The molecule has 2 aromatic rings. The zero-order valence-electron chi connectivity index (χ0n) is 20.3. The van der Waals surface area contributed by atoms with E-state index in [1.807, 2.05) is 0 Å². The van der Waals surface area contributed by atoms with Gasteiger partial charge in [0.2, 0.25) is 5.90 Å². The van der Waals surface area contributed by atoms with Gasteiger partial charge in [0.25, 0.3) is 5.91 Å². The fourth-order valence-electron chi connectivity index (χ4n) is 3.93. The van der Waals surface area contributed by atoms with Gasteiger partial charge in [0.05, 0.1) is 6.61 Å². The second-order valence-electron chi connectivity index (χ2n) is 8.13. The number of aliphatic hydroxyl groups is 1. The Kier molecular flexibility index (Phi) is 9.88. The molecule has 1 aliphatic rings. The lowest BCUT2D eigenvalue weighted by Gasteiger charge is -2.30. The number of aliphatic imine (C=N–C) groups is 1. The molecule has 0 aliphatic carbocycles. The van der Waals surface area contributed by atoms with E-state index in [2.05, 4.69) is 21.9 Å². The Balaban J connectivity index is 2.00. The molecule has 190 valence electrons. The van der Waals surface area contributed by atoms with Crippen molar-refractivity contribution in [3.63, 3.8) is 0 Å². The molecule has 0 saturated heterocycles. The highest BCUT2D eigenvalue weighted by molar-refractivity contribution is 6.01. The number of carbonyl (C=O) groups is 1. The summed E-state index contributed by atoms with van der Waals surface area (Å²) in [6.07, 6.45) is 2.15. The molecular weight excluding hydrogens is 462 g/mol. The molecule has 0 aromatic heterocycles. The first-order chi connectivity index (χ1) is 17.6. The van der Waals surface area contributed by atoms with Gasteiger partial charge in [-0.15, -0.1) is 6.58 Å². The summed E-state index contributed by atoms with van der Waals surface area (Å²) in [7, 11) is 1.61. The molecule has 0 saturated carbocycles. The van der Waals surface area contributed by atoms with Crippen LogP contribution in [-0.2, 0) is 14.3 Å². The van der Waals surface area contributed by atoms with Gasteiger partial charge < -0.3 is 24.6 Å². The molecule has 0 bridgehead atoms. The molecule has 0 fully saturated rings. The summed E-state index contributed by atoms with van der Waals surface area (Å²) in [5, 5.41) is 15.7. The zero-order valence-corrected chi connectivity index (χ0v) is 20.3. The number of amides is 1. The van der Waals surface area contributed by atoms with Crippen molar-refractivity contribution in [1.29, 1.82) is 0 Å².